The summed E-state index contributed by atoms with van der Waals surface area (Å²) in [5.41, 5.74) is 0.507. The quantitative estimate of drug-likeness (QED) is 0.776. The molecule has 28 heavy (non-hydrogen) atoms. The number of carbonyl (C=O) groups excluding carboxylic acids is 1. The second kappa shape index (κ2) is 9.43. The molecule has 2 atom stereocenters. The van der Waals surface area contributed by atoms with Gasteiger partial charge in [-0.1, -0.05) is 6.92 Å². The molecule has 8 heteroatoms. The zero-order valence-electron chi connectivity index (χ0n) is 16.9. The van der Waals surface area contributed by atoms with Crippen LogP contribution in [0.1, 0.15) is 42.4 Å². The summed E-state index contributed by atoms with van der Waals surface area (Å²) in [7, 11) is 2.13. The summed E-state index contributed by atoms with van der Waals surface area (Å²) in [6, 6.07) is 0.343. The molecule has 0 unspecified atom stereocenters. The highest BCUT2D eigenvalue weighted by atomic mass is 16.4. The molecule has 154 valence electrons. The molecule has 1 aromatic rings. The third kappa shape index (κ3) is 5.05. The van der Waals surface area contributed by atoms with Crippen LogP contribution in [0.15, 0.2) is 12.4 Å². The van der Waals surface area contributed by atoms with Gasteiger partial charge in [-0.3, -0.25) is 14.5 Å². The van der Waals surface area contributed by atoms with E-state index in [0.717, 1.165) is 44.8 Å². The highest BCUT2D eigenvalue weighted by Crippen LogP contribution is 2.28. The molecule has 8 nitrogen and oxygen atoms in total. The second-order valence-electron chi connectivity index (χ2n) is 7.88. The van der Waals surface area contributed by atoms with Crippen molar-refractivity contribution in [2.24, 2.45) is 5.92 Å². The van der Waals surface area contributed by atoms with Crippen molar-refractivity contribution >= 4 is 11.9 Å². The molecule has 1 aromatic heterocycles. The highest BCUT2D eigenvalue weighted by Gasteiger charge is 2.36. The topological polar surface area (TPSA) is 89.9 Å². The van der Waals surface area contributed by atoms with Gasteiger partial charge >= 0.3 is 5.97 Å². The Labute approximate surface area is 166 Å². The van der Waals surface area contributed by atoms with Crippen LogP contribution in [0, 0.1) is 5.92 Å². The van der Waals surface area contributed by atoms with Crippen LogP contribution in [0.5, 0.6) is 0 Å². The smallest absolute Gasteiger partial charge is 0.303 e. The highest BCUT2D eigenvalue weighted by molar-refractivity contribution is 5.93. The summed E-state index contributed by atoms with van der Waals surface area (Å²) in [6.07, 6.45) is 5.57. The molecule has 0 radical (unpaired) electrons. The Morgan fingerprint density at radius 2 is 1.82 bits per heavy atom. The third-order valence-electron chi connectivity index (χ3n) is 5.99. The van der Waals surface area contributed by atoms with Crippen LogP contribution in [-0.2, 0) is 11.2 Å². The van der Waals surface area contributed by atoms with Crippen LogP contribution in [0.2, 0.25) is 0 Å². The average Bonchev–Trinajstić information content (AvgIpc) is 2.72. The van der Waals surface area contributed by atoms with Crippen molar-refractivity contribution in [3.05, 3.63) is 23.8 Å². The lowest BCUT2D eigenvalue weighted by molar-refractivity contribution is -0.137. The number of hydrogen-bond donors (Lipinski definition) is 1. The molecule has 3 heterocycles. The fourth-order valence-corrected chi connectivity index (χ4v) is 4.26. The van der Waals surface area contributed by atoms with Crippen LogP contribution in [0.4, 0.5) is 0 Å². The molecule has 0 saturated carbocycles. The maximum atomic E-state index is 12.9. The number of piperazine rings is 1. The molecule has 2 saturated heterocycles. The van der Waals surface area contributed by atoms with Crippen molar-refractivity contribution < 1.29 is 14.7 Å². The summed E-state index contributed by atoms with van der Waals surface area (Å²) in [4.78, 5) is 39.2. The number of aliphatic carboxylic acids is 1. The lowest BCUT2D eigenvalue weighted by Crippen LogP contribution is -2.57. The molecule has 2 aliphatic heterocycles. The zero-order valence-corrected chi connectivity index (χ0v) is 16.9. The van der Waals surface area contributed by atoms with E-state index in [-0.39, 0.29) is 18.2 Å². The first-order valence-electron chi connectivity index (χ1n) is 10.2. The van der Waals surface area contributed by atoms with Crippen molar-refractivity contribution in [3.8, 4) is 0 Å². The summed E-state index contributed by atoms with van der Waals surface area (Å²) < 4.78 is 0. The summed E-state index contributed by atoms with van der Waals surface area (Å²) in [5, 5.41) is 9.16. The summed E-state index contributed by atoms with van der Waals surface area (Å²) in [6.45, 7) is 7.34. The number of carboxylic acid groups (broad SMARTS) is 1. The molecule has 0 bridgehead atoms. The average molecular weight is 390 g/mol. The lowest BCUT2D eigenvalue weighted by Gasteiger charge is -2.46. The number of aromatic nitrogens is 2. The van der Waals surface area contributed by atoms with Crippen molar-refractivity contribution in [2.45, 2.75) is 38.6 Å². The molecule has 0 spiro atoms. The van der Waals surface area contributed by atoms with Gasteiger partial charge < -0.3 is 14.9 Å². The number of piperidine rings is 1. The van der Waals surface area contributed by atoms with Crippen molar-refractivity contribution in [1.29, 1.82) is 0 Å². The number of nitrogens with zero attached hydrogens (tertiary/aromatic N) is 5. The molecule has 2 fully saturated rings. The fraction of sp³-hybridized carbons (Fsp3) is 0.700. The Morgan fingerprint density at radius 1 is 1.14 bits per heavy atom. The molecule has 1 amide bonds. The van der Waals surface area contributed by atoms with Gasteiger partial charge in [0.05, 0.1) is 5.56 Å². The van der Waals surface area contributed by atoms with E-state index in [0.29, 0.717) is 31.1 Å². The number of carboxylic acids is 1. The molecular formula is C20H31N5O3. The maximum Gasteiger partial charge on any atom is 0.303 e. The molecule has 2 aliphatic rings. The number of likely N-dealkylation sites (tertiary alicyclic amines) is 1. The minimum absolute atomic E-state index is 0.0557. The van der Waals surface area contributed by atoms with Crippen LogP contribution in [0.3, 0.4) is 0 Å². The van der Waals surface area contributed by atoms with Gasteiger partial charge in [-0.2, -0.15) is 0 Å². The van der Waals surface area contributed by atoms with E-state index in [1.165, 1.54) is 0 Å². The van der Waals surface area contributed by atoms with E-state index in [2.05, 4.69) is 26.8 Å². The second-order valence-corrected chi connectivity index (χ2v) is 7.88. The standard InChI is InChI=1S/C20H31N5O3/c1-3-18-21-12-16(13-22-18)20(28)25-7-6-17(15(14-25)4-5-19(26)27)24-10-8-23(2)9-11-24/h12-13,15,17H,3-11,14H2,1-2H3,(H,26,27)/t15-,17+/m0/s1. The Bertz CT molecular complexity index is 673. The van der Waals surface area contributed by atoms with E-state index in [1.54, 1.807) is 12.4 Å². The monoisotopic (exact) mass is 389 g/mol. The Balaban J connectivity index is 1.68. The largest absolute Gasteiger partial charge is 0.481 e. The van der Waals surface area contributed by atoms with Crippen molar-refractivity contribution in [1.82, 2.24) is 24.7 Å². The summed E-state index contributed by atoms with van der Waals surface area (Å²) >= 11 is 0. The number of likely N-dealkylation sites (N-methyl/N-ethyl adjacent to an activating group) is 1. The Morgan fingerprint density at radius 3 is 2.43 bits per heavy atom. The van der Waals surface area contributed by atoms with Gasteiger partial charge in [-0.25, -0.2) is 9.97 Å². The van der Waals surface area contributed by atoms with Gasteiger partial charge in [0, 0.05) is 70.5 Å². The summed E-state index contributed by atoms with van der Waals surface area (Å²) in [5.74, 6) is 0.0710. The Kier molecular flexibility index (Phi) is 6.96. The van der Waals surface area contributed by atoms with Gasteiger partial charge in [0.2, 0.25) is 0 Å². The number of hydrogen-bond acceptors (Lipinski definition) is 6. The number of carbonyl (C=O) groups is 2. The third-order valence-corrected chi connectivity index (χ3v) is 5.99. The van der Waals surface area contributed by atoms with Crippen LogP contribution < -0.4 is 0 Å². The lowest BCUT2D eigenvalue weighted by atomic mass is 9.86. The van der Waals surface area contributed by atoms with Gasteiger partial charge in [0.25, 0.3) is 5.91 Å². The van der Waals surface area contributed by atoms with Gasteiger partial charge in [-0.15, -0.1) is 0 Å². The SMILES string of the molecule is CCc1ncc(C(=O)N2CC[C@@H](N3CCN(C)CC3)[C@@H](CCC(=O)O)C2)cn1. The molecule has 3 rings (SSSR count). The minimum atomic E-state index is -0.774. The molecule has 0 aromatic carbocycles. The first kappa shape index (κ1) is 20.7. The zero-order chi connectivity index (χ0) is 20.1. The maximum absolute atomic E-state index is 12.9. The van der Waals surface area contributed by atoms with Gasteiger partial charge in [0.15, 0.2) is 0 Å². The Hall–Kier alpha value is -2.06. The van der Waals surface area contributed by atoms with Crippen molar-refractivity contribution in [2.75, 3.05) is 46.3 Å². The normalized spacial score (nSPS) is 24.3. The minimum Gasteiger partial charge on any atom is -0.481 e. The molecular weight excluding hydrogens is 358 g/mol. The number of amides is 1. The first-order chi connectivity index (χ1) is 13.5. The van der Waals surface area contributed by atoms with E-state index < -0.39 is 5.97 Å². The van der Waals surface area contributed by atoms with E-state index >= 15 is 0 Å². The predicted octanol–water partition coefficient (Wildman–Crippen LogP) is 0.982. The predicted molar refractivity (Wildman–Crippen MR) is 105 cm³/mol. The van der Waals surface area contributed by atoms with E-state index in [9.17, 15) is 9.59 Å². The van der Waals surface area contributed by atoms with Crippen LogP contribution >= 0.6 is 0 Å². The van der Waals surface area contributed by atoms with Crippen LogP contribution in [-0.4, -0.2) is 94.0 Å². The van der Waals surface area contributed by atoms with Gasteiger partial charge in [0.1, 0.15) is 5.82 Å². The van der Waals surface area contributed by atoms with E-state index in [4.69, 9.17) is 5.11 Å². The number of aryl methyl sites for hydroxylation is 1. The van der Waals surface area contributed by atoms with Crippen LogP contribution in [0.25, 0.3) is 0 Å². The molecule has 1 N–H and O–H groups in total. The van der Waals surface area contributed by atoms with E-state index in [1.807, 2.05) is 11.8 Å². The number of rotatable bonds is 6. The molecule has 0 aliphatic carbocycles. The van der Waals surface area contributed by atoms with Crippen molar-refractivity contribution in [3.63, 3.8) is 0 Å². The van der Waals surface area contributed by atoms with Gasteiger partial charge in [-0.05, 0) is 25.8 Å². The first-order valence-corrected chi connectivity index (χ1v) is 10.2. The fourth-order valence-electron chi connectivity index (χ4n) is 4.26.